The predicted molar refractivity (Wildman–Crippen MR) is 141 cm³/mol. The fourth-order valence-electron chi connectivity index (χ4n) is 4.54. The van der Waals surface area contributed by atoms with Crippen molar-refractivity contribution in [3.8, 4) is 0 Å². The van der Waals surface area contributed by atoms with Gasteiger partial charge in [-0.3, -0.25) is 0 Å². The van der Waals surface area contributed by atoms with Gasteiger partial charge in [0.15, 0.2) is 0 Å². The van der Waals surface area contributed by atoms with Gasteiger partial charge in [-0.2, -0.15) is 0 Å². The molecule has 178 valence electrons. The first-order chi connectivity index (χ1) is 16.6. The van der Waals surface area contributed by atoms with Crippen molar-refractivity contribution in [3.05, 3.63) is 83.4 Å². The summed E-state index contributed by atoms with van der Waals surface area (Å²) in [5, 5.41) is 12.8. The van der Waals surface area contributed by atoms with Crippen molar-refractivity contribution in [3.63, 3.8) is 0 Å². The molecule has 1 heterocycles. The minimum absolute atomic E-state index is 0.275. The van der Waals surface area contributed by atoms with Gasteiger partial charge in [-0.1, -0.05) is 51.0 Å². The quantitative estimate of drug-likeness (QED) is 0.323. The first-order valence-corrected chi connectivity index (χ1v) is 12.4. The molecule has 0 saturated heterocycles. The Balaban J connectivity index is 1.50. The third-order valence-corrected chi connectivity index (χ3v) is 6.49. The third kappa shape index (κ3) is 5.53. The van der Waals surface area contributed by atoms with Gasteiger partial charge in [-0.15, -0.1) is 0 Å². The van der Waals surface area contributed by atoms with Gasteiger partial charge >= 0.3 is 5.97 Å². The normalized spacial score (nSPS) is 12.5. The van der Waals surface area contributed by atoms with Crippen molar-refractivity contribution in [2.75, 3.05) is 28.2 Å². The van der Waals surface area contributed by atoms with Crippen LogP contribution in [-0.2, 0) is 13.1 Å². The van der Waals surface area contributed by atoms with Gasteiger partial charge < -0.3 is 20.2 Å². The number of carboxylic acid groups (broad SMARTS) is 1. The molecule has 5 heteroatoms. The zero-order valence-electron chi connectivity index (χ0n) is 20.3. The largest absolute Gasteiger partial charge is 0.478 e. The van der Waals surface area contributed by atoms with Crippen LogP contribution in [0.5, 0.6) is 0 Å². The van der Waals surface area contributed by atoms with Crippen LogP contribution in [0.2, 0.25) is 0 Å². The lowest BCUT2D eigenvalue weighted by molar-refractivity contribution is 0.0698. The fraction of sp³-hybridized carbons (Fsp3) is 0.345. The number of nitrogens with one attached hydrogen (secondary N) is 1. The van der Waals surface area contributed by atoms with Crippen molar-refractivity contribution in [2.45, 2.75) is 52.6 Å². The summed E-state index contributed by atoms with van der Waals surface area (Å²) in [4.78, 5) is 16.5. The maximum Gasteiger partial charge on any atom is 0.337 e. The average Bonchev–Trinajstić information content (AvgIpc) is 3.28. The number of aromatic carboxylic acids is 1. The number of para-hydroxylation sites is 1. The highest BCUT2D eigenvalue weighted by Crippen LogP contribution is 2.33. The van der Waals surface area contributed by atoms with Crippen molar-refractivity contribution in [1.29, 1.82) is 0 Å². The van der Waals surface area contributed by atoms with E-state index in [0.29, 0.717) is 5.69 Å². The van der Waals surface area contributed by atoms with Crippen LogP contribution >= 0.6 is 0 Å². The number of carboxylic acids is 1. The molecule has 5 nitrogen and oxygen atoms in total. The van der Waals surface area contributed by atoms with Crippen LogP contribution in [0.4, 0.5) is 22.7 Å². The van der Waals surface area contributed by atoms with Gasteiger partial charge in [0.05, 0.1) is 11.3 Å². The Morgan fingerprint density at radius 1 is 0.912 bits per heavy atom. The number of unbranched alkanes of at least 4 members (excludes halogenated alkanes) is 2. The van der Waals surface area contributed by atoms with E-state index in [2.05, 4.69) is 65.4 Å². The molecule has 0 aromatic heterocycles. The third-order valence-electron chi connectivity index (χ3n) is 6.49. The molecule has 0 unspecified atom stereocenters. The summed E-state index contributed by atoms with van der Waals surface area (Å²) in [6.07, 6.45) is 4.84. The highest BCUT2D eigenvalue weighted by molar-refractivity contribution is 5.95. The number of anilines is 4. The second-order valence-electron chi connectivity index (χ2n) is 9.03. The minimum Gasteiger partial charge on any atom is -0.478 e. The van der Waals surface area contributed by atoms with E-state index in [1.54, 1.807) is 18.2 Å². The molecular weight excluding hydrogens is 422 g/mol. The van der Waals surface area contributed by atoms with Gasteiger partial charge in [-0.05, 0) is 66.4 Å². The molecule has 0 bridgehead atoms. The van der Waals surface area contributed by atoms with Crippen LogP contribution in [0.15, 0.2) is 66.7 Å². The maximum absolute atomic E-state index is 11.5. The molecule has 0 aliphatic carbocycles. The molecule has 0 fully saturated rings. The fourth-order valence-corrected chi connectivity index (χ4v) is 4.54. The number of fused-ring (bicyclic) bond motifs is 1. The van der Waals surface area contributed by atoms with E-state index >= 15 is 0 Å². The van der Waals surface area contributed by atoms with E-state index in [1.165, 1.54) is 48.2 Å². The Morgan fingerprint density at radius 2 is 1.65 bits per heavy atom. The lowest BCUT2D eigenvalue weighted by Gasteiger charge is -2.27. The van der Waals surface area contributed by atoms with E-state index < -0.39 is 5.97 Å². The Kier molecular flexibility index (Phi) is 7.73. The molecule has 3 aromatic carbocycles. The van der Waals surface area contributed by atoms with Gasteiger partial charge in [0.1, 0.15) is 0 Å². The Morgan fingerprint density at radius 3 is 2.38 bits per heavy atom. The second-order valence-corrected chi connectivity index (χ2v) is 9.03. The molecule has 1 aliphatic heterocycles. The first-order valence-electron chi connectivity index (χ1n) is 12.4. The van der Waals surface area contributed by atoms with Gasteiger partial charge in [-0.25, -0.2) is 4.79 Å². The van der Waals surface area contributed by atoms with Crippen molar-refractivity contribution in [2.24, 2.45) is 0 Å². The molecule has 0 radical (unpaired) electrons. The van der Waals surface area contributed by atoms with E-state index in [4.69, 9.17) is 0 Å². The summed E-state index contributed by atoms with van der Waals surface area (Å²) in [5.41, 5.74) is 6.94. The Hall–Kier alpha value is -3.47. The smallest absolute Gasteiger partial charge is 0.337 e. The number of hydrogen-bond donors (Lipinski definition) is 2. The summed E-state index contributed by atoms with van der Waals surface area (Å²) < 4.78 is 0. The maximum atomic E-state index is 11.5. The molecule has 1 aliphatic rings. The molecular formula is C29H35N3O2. The van der Waals surface area contributed by atoms with E-state index in [-0.39, 0.29) is 5.56 Å². The second kappa shape index (κ2) is 11.1. The first kappa shape index (κ1) is 23.7. The van der Waals surface area contributed by atoms with Crippen LogP contribution in [0.3, 0.4) is 0 Å². The molecule has 4 rings (SSSR count). The summed E-state index contributed by atoms with van der Waals surface area (Å²) >= 11 is 0. The van der Waals surface area contributed by atoms with Crippen LogP contribution in [0, 0.1) is 0 Å². The lowest BCUT2D eigenvalue weighted by atomic mass is 10.1. The summed E-state index contributed by atoms with van der Waals surface area (Å²) in [7, 11) is 0. The van der Waals surface area contributed by atoms with Crippen LogP contribution in [-0.4, -0.2) is 24.2 Å². The molecule has 0 spiro atoms. The lowest BCUT2D eigenvalue weighted by Crippen LogP contribution is -2.26. The topological polar surface area (TPSA) is 55.8 Å². The van der Waals surface area contributed by atoms with E-state index in [0.717, 1.165) is 31.9 Å². The molecule has 2 N–H and O–H groups in total. The number of nitrogens with zero attached hydrogens (tertiary/aromatic N) is 2. The monoisotopic (exact) mass is 457 g/mol. The SMILES string of the molecule is CCCCN(CCCC)c1cccc(N2Cc3ccc(Nc4ccccc4C(=O)O)cc3C2)c1. The van der Waals surface area contributed by atoms with Crippen LogP contribution in [0.1, 0.15) is 61.0 Å². The van der Waals surface area contributed by atoms with Crippen molar-refractivity contribution in [1.82, 2.24) is 0 Å². The average molecular weight is 458 g/mol. The highest BCUT2D eigenvalue weighted by atomic mass is 16.4. The molecule has 0 atom stereocenters. The van der Waals surface area contributed by atoms with Crippen LogP contribution < -0.4 is 15.1 Å². The van der Waals surface area contributed by atoms with Crippen molar-refractivity contribution < 1.29 is 9.90 Å². The van der Waals surface area contributed by atoms with Gasteiger partial charge in [0.25, 0.3) is 0 Å². The zero-order valence-corrected chi connectivity index (χ0v) is 20.3. The number of carbonyl (C=O) groups is 1. The molecule has 3 aromatic rings. The summed E-state index contributed by atoms with van der Waals surface area (Å²) in [6.45, 7) is 8.44. The minimum atomic E-state index is -0.928. The highest BCUT2D eigenvalue weighted by Gasteiger charge is 2.21. The number of rotatable bonds is 11. The summed E-state index contributed by atoms with van der Waals surface area (Å²) in [6, 6.07) is 22.3. The van der Waals surface area contributed by atoms with Gasteiger partial charge in [0.2, 0.25) is 0 Å². The molecule has 0 amide bonds. The standard InChI is InChI=1S/C29H35N3O2/c1-3-5-16-31(17-6-4-2)25-10-9-11-26(19-25)32-20-22-14-15-24(18-23(22)21-32)30-28-13-8-7-12-27(28)29(33)34/h7-15,18-19,30H,3-6,16-17,20-21H2,1-2H3,(H,33,34). The number of benzene rings is 3. The van der Waals surface area contributed by atoms with Crippen LogP contribution in [0.25, 0.3) is 0 Å². The van der Waals surface area contributed by atoms with E-state index in [9.17, 15) is 9.90 Å². The Labute approximate surface area is 203 Å². The van der Waals surface area contributed by atoms with E-state index in [1.807, 2.05) is 12.1 Å². The molecule has 0 saturated carbocycles. The Bertz CT molecular complexity index is 1120. The number of hydrogen-bond acceptors (Lipinski definition) is 4. The van der Waals surface area contributed by atoms with Crippen molar-refractivity contribution >= 4 is 28.7 Å². The molecule has 34 heavy (non-hydrogen) atoms. The summed E-state index contributed by atoms with van der Waals surface area (Å²) in [5.74, 6) is -0.928. The zero-order chi connectivity index (χ0) is 23.9. The predicted octanol–water partition coefficient (Wildman–Crippen LogP) is 7.06. The van der Waals surface area contributed by atoms with Gasteiger partial charge in [0, 0.05) is 43.2 Å².